The molecule has 0 aliphatic rings. The summed E-state index contributed by atoms with van der Waals surface area (Å²) in [6.07, 6.45) is 3.14. The quantitative estimate of drug-likeness (QED) is 0.812. The second kappa shape index (κ2) is 6.59. The van der Waals surface area contributed by atoms with E-state index < -0.39 is 0 Å². The van der Waals surface area contributed by atoms with Gasteiger partial charge in [0.15, 0.2) is 0 Å². The predicted molar refractivity (Wildman–Crippen MR) is 71.9 cm³/mol. The minimum atomic E-state index is -0.272. The molecule has 0 aliphatic carbocycles. The van der Waals surface area contributed by atoms with E-state index in [-0.39, 0.29) is 18.4 Å². The molecule has 0 heterocycles. The zero-order valence-electron chi connectivity index (χ0n) is 10.9. The number of carbonyl (C=O) groups excluding carboxylic acids is 2. The maximum atomic E-state index is 11.4. The van der Waals surface area contributed by atoms with Crippen molar-refractivity contribution in [1.29, 1.82) is 0 Å². The molecule has 0 bridgehead atoms. The second-order valence-electron chi connectivity index (χ2n) is 4.25. The Morgan fingerprint density at radius 2 is 1.83 bits per heavy atom. The van der Waals surface area contributed by atoms with Crippen LogP contribution in [0.25, 0.3) is 6.08 Å². The molecule has 96 valence electrons. The van der Waals surface area contributed by atoms with Gasteiger partial charge in [0.1, 0.15) is 0 Å². The molecule has 1 N–H and O–H groups in total. The van der Waals surface area contributed by atoms with Crippen molar-refractivity contribution >= 4 is 17.9 Å². The lowest BCUT2D eigenvalue weighted by Gasteiger charge is -2.09. The monoisotopic (exact) mass is 246 g/mol. The van der Waals surface area contributed by atoms with E-state index in [1.165, 1.54) is 16.5 Å². The number of benzene rings is 1. The number of likely N-dealkylation sites (N-methyl/N-ethyl adjacent to an activating group) is 1. The lowest BCUT2D eigenvalue weighted by molar-refractivity contribution is -0.129. The number of hydrogen-bond acceptors (Lipinski definition) is 2. The van der Waals surface area contributed by atoms with Gasteiger partial charge in [-0.2, -0.15) is 0 Å². The van der Waals surface area contributed by atoms with Gasteiger partial charge in [-0.25, -0.2) is 0 Å². The fourth-order valence-corrected chi connectivity index (χ4v) is 1.23. The van der Waals surface area contributed by atoms with E-state index in [4.69, 9.17) is 0 Å². The van der Waals surface area contributed by atoms with Gasteiger partial charge in [0.05, 0.1) is 6.54 Å². The van der Waals surface area contributed by atoms with Gasteiger partial charge >= 0.3 is 0 Å². The Balaban J connectivity index is 2.45. The van der Waals surface area contributed by atoms with E-state index in [0.29, 0.717) is 0 Å². The molecular formula is C14H18N2O2. The molecule has 0 saturated heterocycles. The Bertz CT molecular complexity index is 447. The third kappa shape index (κ3) is 4.82. The summed E-state index contributed by atoms with van der Waals surface area (Å²) in [7, 11) is 3.30. The van der Waals surface area contributed by atoms with Crippen molar-refractivity contribution in [2.75, 3.05) is 20.6 Å². The lowest BCUT2D eigenvalue weighted by Crippen LogP contribution is -2.35. The van der Waals surface area contributed by atoms with Crippen molar-refractivity contribution in [3.8, 4) is 0 Å². The van der Waals surface area contributed by atoms with Crippen LogP contribution in [-0.4, -0.2) is 37.4 Å². The fraction of sp³-hybridized carbons (Fsp3) is 0.286. The molecule has 0 radical (unpaired) electrons. The van der Waals surface area contributed by atoms with Crippen LogP contribution in [0.15, 0.2) is 30.3 Å². The van der Waals surface area contributed by atoms with Gasteiger partial charge in [-0.3, -0.25) is 9.59 Å². The average molecular weight is 246 g/mol. The van der Waals surface area contributed by atoms with Crippen LogP contribution in [-0.2, 0) is 9.59 Å². The van der Waals surface area contributed by atoms with Crippen molar-refractivity contribution in [2.45, 2.75) is 6.92 Å². The number of amides is 2. The largest absolute Gasteiger partial charge is 0.347 e. The molecule has 0 spiro atoms. The van der Waals surface area contributed by atoms with Gasteiger partial charge in [0, 0.05) is 20.2 Å². The Hall–Kier alpha value is -2.10. The van der Waals surface area contributed by atoms with E-state index in [1.54, 1.807) is 20.2 Å². The first-order valence-corrected chi connectivity index (χ1v) is 5.72. The second-order valence-corrected chi connectivity index (χ2v) is 4.25. The number of hydrogen-bond donors (Lipinski definition) is 1. The van der Waals surface area contributed by atoms with Gasteiger partial charge in [-0.15, -0.1) is 0 Å². The number of nitrogens with one attached hydrogen (secondary N) is 1. The Morgan fingerprint density at radius 3 is 2.39 bits per heavy atom. The van der Waals surface area contributed by atoms with Gasteiger partial charge in [-0.05, 0) is 18.6 Å². The molecule has 0 atom stereocenters. The molecular weight excluding hydrogens is 228 g/mol. The zero-order valence-corrected chi connectivity index (χ0v) is 10.9. The number of rotatable bonds is 4. The first kappa shape index (κ1) is 14.0. The van der Waals surface area contributed by atoms with E-state index in [2.05, 4.69) is 5.32 Å². The Labute approximate surface area is 107 Å². The van der Waals surface area contributed by atoms with Crippen LogP contribution in [0.1, 0.15) is 11.1 Å². The molecule has 1 rings (SSSR count). The smallest absolute Gasteiger partial charge is 0.244 e. The minimum absolute atomic E-state index is 0.0179. The summed E-state index contributed by atoms with van der Waals surface area (Å²) in [5.41, 5.74) is 2.13. The summed E-state index contributed by atoms with van der Waals surface area (Å²) in [5, 5.41) is 2.53. The molecule has 18 heavy (non-hydrogen) atoms. The van der Waals surface area contributed by atoms with Gasteiger partial charge < -0.3 is 10.2 Å². The van der Waals surface area contributed by atoms with Crippen LogP contribution in [0.5, 0.6) is 0 Å². The third-order valence-corrected chi connectivity index (χ3v) is 2.42. The minimum Gasteiger partial charge on any atom is -0.347 e. The summed E-state index contributed by atoms with van der Waals surface area (Å²) in [6.45, 7) is 2.02. The van der Waals surface area contributed by atoms with Crippen molar-refractivity contribution in [2.24, 2.45) is 0 Å². The van der Waals surface area contributed by atoms with Gasteiger partial charge in [0.2, 0.25) is 11.8 Å². The maximum absolute atomic E-state index is 11.4. The van der Waals surface area contributed by atoms with E-state index in [1.807, 2.05) is 31.2 Å². The average Bonchev–Trinajstić information content (AvgIpc) is 2.35. The molecule has 0 aliphatic heterocycles. The zero-order chi connectivity index (χ0) is 13.5. The molecule has 0 unspecified atom stereocenters. The lowest BCUT2D eigenvalue weighted by atomic mass is 10.1. The van der Waals surface area contributed by atoms with E-state index in [0.717, 1.165) is 5.56 Å². The fourth-order valence-electron chi connectivity index (χ4n) is 1.23. The highest BCUT2D eigenvalue weighted by Crippen LogP contribution is 2.04. The van der Waals surface area contributed by atoms with Crippen LogP contribution in [0.4, 0.5) is 0 Å². The summed E-state index contributed by atoms with van der Waals surface area (Å²) >= 11 is 0. The Kier molecular flexibility index (Phi) is 5.11. The molecule has 0 fully saturated rings. The molecule has 2 amide bonds. The van der Waals surface area contributed by atoms with Crippen LogP contribution >= 0.6 is 0 Å². The molecule has 4 heteroatoms. The summed E-state index contributed by atoms with van der Waals surface area (Å²) in [6, 6.07) is 7.83. The number of nitrogens with zero attached hydrogens (tertiary/aromatic N) is 1. The molecule has 1 aromatic rings. The highest BCUT2D eigenvalue weighted by atomic mass is 16.2. The topological polar surface area (TPSA) is 49.4 Å². The predicted octanol–water partition coefficient (Wildman–Crippen LogP) is 1.21. The Morgan fingerprint density at radius 1 is 1.22 bits per heavy atom. The molecule has 1 aromatic carbocycles. The van der Waals surface area contributed by atoms with Crippen molar-refractivity contribution < 1.29 is 9.59 Å². The first-order chi connectivity index (χ1) is 8.49. The highest BCUT2D eigenvalue weighted by molar-refractivity contribution is 5.94. The van der Waals surface area contributed by atoms with E-state index >= 15 is 0 Å². The normalized spacial score (nSPS) is 10.4. The standard InChI is InChI=1S/C14H18N2O2/c1-11-4-6-12(7-5-11)8-9-13(17)15-10-14(18)16(2)3/h4-9H,10H2,1-3H3,(H,15,17)/b9-8+. The molecule has 0 saturated carbocycles. The van der Waals surface area contributed by atoms with Crippen molar-refractivity contribution in [1.82, 2.24) is 10.2 Å². The van der Waals surface area contributed by atoms with Crippen LogP contribution in [0.3, 0.4) is 0 Å². The molecule has 0 aromatic heterocycles. The number of carbonyl (C=O) groups is 2. The maximum Gasteiger partial charge on any atom is 0.244 e. The summed E-state index contributed by atoms with van der Waals surface area (Å²) < 4.78 is 0. The van der Waals surface area contributed by atoms with Crippen molar-refractivity contribution in [3.05, 3.63) is 41.5 Å². The van der Waals surface area contributed by atoms with Gasteiger partial charge in [0.25, 0.3) is 0 Å². The SMILES string of the molecule is Cc1ccc(/C=C/C(=O)NCC(=O)N(C)C)cc1. The third-order valence-electron chi connectivity index (χ3n) is 2.42. The summed E-state index contributed by atoms with van der Waals surface area (Å²) in [4.78, 5) is 24.1. The van der Waals surface area contributed by atoms with Gasteiger partial charge in [-0.1, -0.05) is 29.8 Å². The highest BCUT2D eigenvalue weighted by Gasteiger charge is 2.04. The number of aryl methyl sites for hydroxylation is 1. The van der Waals surface area contributed by atoms with Crippen LogP contribution < -0.4 is 5.32 Å². The summed E-state index contributed by atoms with van der Waals surface area (Å²) in [5.74, 6) is -0.405. The first-order valence-electron chi connectivity index (χ1n) is 5.72. The van der Waals surface area contributed by atoms with Crippen LogP contribution in [0, 0.1) is 6.92 Å². The van der Waals surface area contributed by atoms with Crippen molar-refractivity contribution in [3.63, 3.8) is 0 Å². The molecule has 4 nitrogen and oxygen atoms in total. The van der Waals surface area contributed by atoms with E-state index in [9.17, 15) is 9.59 Å². The van der Waals surface area contributed by atoms with Crippen LogP contribution in [0.2, 0.25) is 0 Å².